The van der Waals surface area contributed by atoms with E-state index in [0.29, 0.717) is 0 Å². The maximum Gasteiger partial charge on any atom is 0.126 e. The molecule has 2 N–H and O–H groups in total. The van der Waals surface area contributed by atoms with Crippen molar-refractivity contribution in [3.05, 3.63) is 28.2 Å². The van der Waals surface area contributed by atoms with Crippen LogP contribution in [0.15, 0.2) is 22.7 Å². The van der Waals surface area contributed by atoms with Gasteiger partial charge in [-0.3, -0.25) is 0 Å². The Morgan fingerprint density at radius 3 is 2.84 bits per heavy atom. The molecule has 3 nitrogen and oxygen atoms in total. The molecular formula is C15H21BrN2O. The molecule has 1 fully saturated rings. The van der Waals surface area contributed by atoms with E-state index >= 15 is 0 Å². The van der Waals surface area contributed by atoms with Gasteiger partial charge in [0.15, 0.2) is 0 Å². The van der Waals surface area contributed by atoms with Gasteiger partial charge in [-0.1, -0.05) is 28.9 Å². The zero-order valence-electron chi connectivity index (χ0n) is 11.4. The molecule has 0 aliphatic carbocycles. The van der Waals surface area contributed by atoms with Gasteiger partial charge in [0.05, 0.1) is 0 Å². The minimum atomic E-state index is -0.0428. The van der Waals surface area contributed by atoms with Crippen LogP contribution in [0.5, 0.6) is 5.75 Å². The second-order valence-electron chi connectivity index (χ2n) is 5.71. The van der Waals surface area contributed by atoms with E-state index < -0.39 is 0 Å². The lowest BCUT2D eigenvalue weighted by Gasteiger charge is -2.46. The summed E-state index contributed by atoms with van der Waals surface area (Å²) in [5, 5.41) is 0. The van der Waals surface area contributed by atoms with Crippen molar-refractivity contribution >= 4 is 15.9 Å². The highest BCUT2D eigenvalue weighted by atomic mass is 79.9. The number of nitrogens with zero attached hydrogens (tertiary/aromatic N) is 1. The lowest BCUT2D eigenvalue weighted by atomic mass is 9.81. The van der Waals surface area contributed by atoms with Crippen LogP contribution in [0.3, 0.4) is 0 Å². The third-order valence-corrected chi connectivity index (χ3v) is 5.00. The minimum absolute atomic E-state index is 0.0428. The van der Waals surface area contributed by atoms with E-state index in [1.54, 1.807) is 0 Å². The van der Waals surface area contributed by atoms with Gasteiger partial charge >= 0.3 is 0 Å². The van der Waals surface area contributed by atoms with Crippen molar-refractivity contribution < 1.29 is 4.74 Å². The SMILES string of the molecule is CCN1CCC2(CC1)C[C@H](N)c1ccc(Br)cc1O2. The van der Waals surface area contributed by atoms with E-state index in [0.717, 1.165) is 54.7 Å². The first-order valence-corrected chi connectivity index (χ1v) is 7.87. The molecule has 2 aliphatic rings. The normalized spacial score (nSPS) is 25.9. The molecule has 1 aromatic rings. The van der Waals surface area contributed by atoms with Gasteiger partial charge in [0.2, 0.25) is 0 Å². The number of rotatable bonds is 1. The Morgan fingerprint density at radius 2 is 2.16 bits per heavy atom. The van der Waals surface area contributed by atoms with Crippen LogP contribution in [-0.4, -0.2) is 30.1 Å². The molecule has 3 rings (SSSR count). The first kappa shape index (κ1) is 13.4. The summed E-state index contributed by atoms with van der Waals surface area (Å²) < 4.78 is 7.42. The number of ether oxygens (including phenoxy) is 1. The molecule has 0 amide bonds. The lowest BCUT2D eigenvalue weighted by molar-refractivity contribution is -0.0205. The van der Waals surface area contributed by atoms with E-state index in [1.165, 1.54) is 0 Å². The van der Waals surface area contributed by atoms with Gasteiger partial charge in [-0.05, 0) is 31.5 Å². The molecule has 19 heavy (non-hydrogen) atoms. The highest BCUT2D eigenvalue weighted by Gasteiger charge is 2.42. The van der Waals surface area contributed by atoms with E-state index in [2.05, 4.69) is 39.9 Å². The molecule has 1 atom stereocenters. The maximum atomic E-state index is 6.37. The molecule has 2 aliphatic heterocycles. The third-order valence-electron chi connectivity index (χ3n) is 4.51. The van der Waals surface area contributed by atoms with Crippen LogP contribution >= 0.6 is 15.9 Å². The van der Waals surface area contributed by atoms with Crippen LogP contribution < -0.4 is 10.5 Å². The summed E-state index contributed by atoms with van der Waals surface area (Å²) in [4.78, 5) is 2.48. The fourth-order valence-corrected chi connectivity index (χ4v) is 3.61. The fraction of sp³-hybridized carbons (Fsp3) is 0.600. The predicted molar refractivity (Wildman–Crippen MR) is 80.4 cm³/mol. The van der Waals surface area contributed by atoms with Crippen LogP contribution in [0, 0.1) is 0 Å². The van der Waals surface area contributed by atoms with Crippen molar-refractivity contribution in [2.24, 2.45) is 5.73 Å². The molecule has 104 valence electrons. The topological polar surface area (TPSA) is 38.5 Å². The Labute approximate surface area is 123 Å². The van der Waals surface area contributed by atoms with Crippen LogP contribution in [0.25, 0.3) is 0 Å². The van der Waals surface area contributed by atoms with Gasteiger partial charge in [0.25, 0.3) is 0 Å². The van der Waals surface area contributed by atoms with Gasteiger partial charge in [-0.2, -0.15) is 0 Å². The second kappa shape index (κ2) is 5.08. The number of halogens is 1. The zero-order chi connectivity index (χ0) is 13.5. The first-order valence-electron chi connectivity index (χ1n) is 7.08. The molecule has 0 aromatic heterocycles. The van der Waals surface area contributed by atoms with Crippen LogP contribution in [0.1, 0.15) is 37.8 Å². The van der Waals surface area contributed by atoms with Crippen LogP contribution in [0.2, 0.25) is 0 Å². The number of benzene rings is 1. The average Bonchev–Trinajstić information content (AvgIpc) is 2.39. The fourth-order valence-electron chi connectivity index (χ4n) is 3.27. The molecule has 1 aromatic carbocycles. The quantitative estimate of drug-likeness (QED) is 0.862. The van der Waals surface area contributed by atoms with Crippen molar-refractivity contribution in [1.82, 2.24) is 4.90 Å². The number of fused-ring (bicyclic) bond motifs is 1. The molecule has 0 unspecified atom stereocenters. The van der Waals surface area contributed by atoms with Crippen molar-refractivity contribution in [1.29, 1.82) is 0 Å². The number of hydrogen-bond donors (Lipinski definition) is 1. The van der Waals surface area contributed by atoms with Gasteiger partial charge in [0.1, 0.15) is 11.4 Å². The molecule has 1 spiro atoms. The Morgan fingerprint density at radius 1 is 1.42 bits per heavy atom. The van der Waals surface area contributed by atoms with Gasteiger partial charge in [0, 0.05) is 35.6 Å². The zero-order valence-corrected chi connectivity index (χ0v) is 12.9. The minimum Gasteiger partial charge on any atom is -0.487 e. The molecule has 1 saturated heterocycles. The third kappa shape index (κ3) is 2.54. The summed E-state index contributed by atoms with van der Waals surface area (Å²) in [6, 6.07) is 6.28. The number of hydrogen-bond acceptors (Lipinski definition) is 3. The number of nitrogens with two attached hydrogens (primary N) is 1. The van der Waals surface area contributed by atoms with Gasteiger partial charge in [-0.25, -0.2) is 0 Å². The summed E-state index contributed by atoms with van der Waals surface area (Å²) in [7, 11) is 0. The van der Waals surface area contributed by atoms with Gasteiger partial charge in [-0.15, -0.1) is 0 Å². The predicted octanol–water partition coefficient (Wildman–Crippen LogP) is 3.09. The molecule has 2 heterocycles. The monoisotopic (exact) mass is 324 g/mol. The molecule has 0 bridgehead atoms. The van der Waals surface area contributed by atoms with Gasteiger partial charge < -0.3 is 15.4 Å². The summed E-state index contributed by atoms with van der Waals surface area (Å²) in [5.41, 5.74) is 7.46. The largest absolute Gasteiger partial charge is 0.487 e. The van der Waals surface area contributed by atoms with E-state index in [-0.39, 0.29) is 11.6 Å². The van der Waals surface area contributed by atoms with Crippen molar-refractivity contribution in [3.8, 4) is 5.75 Å². The maximum absolute atomic E-state index is 6.37. The second-order valence-corrected chi connectivity index (χ2v) is 6.63. The van der Waals surface area contributed by atoms with Crippen LogP contribution in [-0.2, 0) is 0 Å². The number of piperidine rings is 1. The van der Waals surface area contributed by atoms with Crippen molar-refractivity contribution in [3.63, 3.8) is 0 Å². The standard InChI is InChI=1S/C15H21BrN2O/c1-2-18-7-5-15(6-8-18)10-13(17)12-4-3-11(16)9-14(12)19-15/h3-4,9,13H,2,5-8,10,17H2,1H3/t13-/m0/s1. The highest BCUT2D eigenvalue weighted by Crippen LogP contribution is 2.44. The Bertz CT molecular complexity index is 469. The Kier molecular flexibility index (Phi) is 3.58. The van der Waals surface area contributed by atoms with E-state index in [9.17, 15) is 0 Å². The summed E-state index contributed by atoms with van der Waals surface area (Å²) in [6.07, 6.45) is 3.11. The number of likely N-dealkylation sites (tertiary alicyclic amines) is 1. The van der Waals surface area contributed by atoms with Crippen molar-refractivity contribution in [2.75, 3.05) is 19.6 Å². The highest BCUT2D eigenvalue weighted by molar-refractivity contribution is 9.10. The smallest absolute Gasteiger partial charge is 0.126 e. The van der Waals surface area contributed by atoms with E-state index in [4.69, 9.17) is 10.5 Å². The van der Waals surface area contributed by atoms with E-state index in [1.807, 2.05) is 6.07 Å². The Balaban J connectivity index is 1.84. The molecule has 0 radical (unpaired) electrons. The summed E-state index contributed by atoms with van der Waals surface area (Å²) in [5.74, 6) is 0.970. The average molecular weight is 325 g/mol. The summed E-state index contributed by atoms with van der Waals surface area (Å²) >= 11 is 3.51. The van der Waals surface area contributed by atoms with Crippen molar-refractivity contribution in [2.45, 2.75) is 37.8 Å². The molecule has 4 heteroatoms. The Hall–Kier alpha value is -0.580. The molecule has 0 saturated carbocycles. The molecular weight excluding hydrogens is 304 g/mol. The first-order chi connectivity index (χ1) is 9.12. The summed E-state index contributed by atoms with van der Waals surface area (Å²) in [6.45, 7) is 5.58. The van der Waals surface area contributed by atoms with Crippen LogP contribution in [0.4, 0.5) is 0 Å². The lowest BCUT2D eigenvalue weighted by Crippen LogP contribution is -2.51.